The standard InChI is InChI=1S/C14H14BrFN4O/c1-14(9-5-8(15)3-4-10(9)16)7-20-11(12(17)18-14)6-19(2)13(20)21/h3-6H,7H2,1-2H3,(H2,17,18)/t14-/m0/s1. The minimum absolute atomic E-state index is 0.190. The Kier molecular flexibility index (Phi) is 3.05. The molecule has 1 aliphatic heterocycles. The molecular formula is C14H14BrFN4O. The van der Waals surface area contributed by atoms with Gasteiger partial charge >= 0.3 is 5.69 Å². The van der Waals surface area contributed by atoms with Crippen LogP contribution in [0.15, 0.2) is 38.7 Å². The lowest BCUT2D eigenvalue weighted by atomic mass is 9.90. The minimum atomic E-state index is -0.921. The fourth-order valence-electron chi connectivity index (χ4n) is 2.68. The summed E-state index contributed by atoms with van der Waals surface area (Å²) in [5.41, 5.74) is 5.83. The first-order valence-electron chi connectivity index (χ1n) is 6.39. The van der Waals surface area contributed by atoms with Crippen LogP contribution in [-0.2, 0) is 19.1 Å². The van der Waals surface area contributed by atoms with Crippen molar-refractivity contribution in [2.75, 3.05) is 0 Å². The first kappa shape index (κ1) is 14.1. The van der Waals surface area contributed by atoms with Gasteiger partial charge in [0.1, 0.15) is 22.9 Å². The molecular weight excluding hydrogens is 339 g/mol. The van der Waals surface area contributed by atoms with Gasteiger partial charge in [0.2, 0.25) is 0 Å². The van der Waals surface area contributed by atoms with E-state index in [-0.39, 0.29) is 23.9 Å². The molecule has 1 aromatic carbocycles. The van der Waals surface area contributed by atoms with Crippen molar-refractivity contribution in [3.05, 3.63) is 56.4 Å². The Morgan fingerprint density at radius 1 is 1.48 bits per heavy atom. The molecule has 0 aliphatic carbocycles. The van der Waals surface area contributed by atoms with Gasteiger partial charge in [-0.3, -0.25) is 9.56 Å². The Morgan fingerprint density at radius 2 is 2.19 bits per heavy atom. The van der Waals surface area contributed by atoms with Gasteiger partial charge in [0.15, 0.2) is 0 Å². The van der Waals surface area contributed by atoms with Crippen LogP contribution in [0.3, 0.4) is 0 Å². The Hall–Kier alpha value is -1.89. The van der Waals surface area contributed by atoms with Crippen molar-refractivity contribution in [3.8, 4) is 0 Å². The van der Waals surface area contributed by atoms with Gasteiger partial charge in [-0.05, 0) is 25.1 Å². The van der Waals surface area contributed by atoms with Crippen LogP contribution in [-0.4, -0.2) is 15.0 Å². The Morgan fingerprint density at radius 3 is 2.90 bits per heavy atom. The lowest BCUT2D eigenvalue weighted by molar-refractivity contribution is 0.377. The normalized spacial score (nSPS) is 21.0. The van der Waals surface area contributed by atoms with E-state index in [1.165, 1.54) is 15.2 Å². The maximum atomic E-state index is 14.2. The number of nitrogens with two attached hydrogens (primary N) is 1. The molecule has 0 saturated heterocycles. The number of hydrogen-bond acceptors (Lipinski definition) is 3. The SMILES string of the molecule is Cn1cc2n(c1=O)C[C@@](C)(c1cc(Br)ccc1F)N=C2N. The number of imidazole rings is 1. The summed E-state index contributed by atoms with van der Waals surface area (Å²) in [6.07, 6.45) is 1.64. The van der Waals surface area contributed by atoms with Crippen LogP contribution in [0.25, 0.3) is 0 Å². The van der Waals surface area contributed by atoms with Crippen molar-refractivity contribution in [3.63, 3.8) is 0 Å². The monoisotopic (exact) mass is 352 g/mol. The summed E-state index contributed by atoms with van der Waals surface area (Å²) in [7, 11) is 1.65. The molecule has 0 unspecified atom stereocenters. The fraction of sp³-hybridized carbons (Fsp3) is 0.286. The van der Waals surface area contributed by atoms with Crippen LogP contribution in [0.5, 0.6) is 0 Å². The highest BCUT2D eigenvalue weighted by molar-refractivity contribution is 9.10. The predicted molar refractivity (Wildman–Crippen MR) is 81.8 cm³/mol. The van der Waals surface area contributed by atoms with Crippen LogP contribution in [0, 0.1) is 5.82 Å². The summed E-state index contributed by atoms with van der Waals surface area (Å²) in [6.45, 7) is 2.02. The molecule has 0 saturated carbocycles. The Labute approximate surface area is 129 Å². The molecule has 0 bridgehead atoms. The van der Waals surface area contributed by atoms with Crippen LogP contribution in [0.4, 0.5) is 4.39 Å². The number of hydrogen-bond donors (Lipinski definition) is 1. The van der Waals surface area contributed by atoms with Gasteiger partial charge in [0.05, 0.1) is 6.54 Å². The van der Waals surface area contributed by atoms with E-state index in [2.05, 4.69) is 20.9 Å². The highest BCUT2D eigenvalue weighted by atomic mass is 79.9. The third-order valence-electron chi connectivity index (χ3n) is 3.74. The van der Waals surface area contributed by atoms with Gasteiger partial charge < -0.3 is 10.3 Å². The summed E-state index contributed by atoms with van der Waals surface area (Å²) in [5, 5.41) is 0. The van der Waals surface area contributed by atoms with Crippen molar-refractivity contribution in [2.45, 2.75) is 19.0 Å². The van der Waals surface area contributed by atoms with Gasteiger partial charge in [0.25, 0.3) is 0 Å². The zero-order chi connectivity index (χ0) is 15.4. The molecule has 0 fully saturated rings. The summed E-state index contributed by atoms with van der Waals surface area (Å²) >= 11 is 3.33. The number of fused-ring (bicyclic) bond motifs is 1. The van der Waals surface area contributed by atoms with Crippen LogP contribution < -0.4 is 11.4 Å². The van der Waals surface area contributed by atoms with E-state index in [1.54, 1.807) is 32.3 Å². The second kappa shape index (κ2) is 4.56. The molecule has 3 rings (SSSR count). The molecule has 0 spiro atoms. The molecule has 2 N–H and O–H groups in total. The van der Waals surface area contributed by atoms with Gasteiger partial charge in [-0.1, -0.05) is 15.9 Å². The van der Waals surface area contributed by atoms with Crippen LogP contribution in [0.1, 0.15) is 18.2 Å². The highest BCUT2D eigenvalue weighted by Gasteiger charge is 2.35. The van der Waals surface area contributed by atoms with Crippen molar-refractivity contribution in [1.29, 1.82) is 0 Å². The number of amidine groups is 1. The molecule has 1 aromatic heterocycles. The Bertz CT molecular complexity index is 823. The summed E-state index contributed by atoms with van der Waals surface area (Å²) in [5.74, 6) is -0.134. The molecule has 1 aliphatic rings. The van der Waals surface area contributed by atoms with Gasteiger partial charge in [-0.15, -0.1) is 0 Å². The number of benzene rings is 1. The zero-order valence-corrected chi connectivity index (χ0v) is 13.2. The Balaban J connectivity index is 2.20. The highest BCUT2D eigenvalue weighted by Crippen LogP contribution is 2.34. The number of nitrogens with zero attached hydrogens (tertiary/aromatic N) is 3. The average molecular weight is 353 g/mol. The van der Waals surface area contributed by atoms with E-state index in [4.69, 9.17) is 5.73 Å². The van der Waals surface area contributed by atoms with Crippen molar-refractivity contribution < 1.29 is 4.39 Å². The van der Waals surface area contributed by atoms with Gasteiger partial charge in [-0.2, -0.15) is 0 Å². The molecule has 2 aromatic rings. The quantitative estimate of drug-likeness (QED) is 0.849. The summed E-state index contributed by atoms with van der Waals surface area (Å²) < 4.78 is 17.9. The molecule has 5 nitrogen and oxygen atoms in total. The fourth-order valence-corrected chi connectivity index (χ4v) is 3.04. The predicted octanol–water partition coefficient (Wildman–Crippen LogP) is 1.72. The molecule has 0 amide bonds. The van der Waals surface area contributed by atoms with Crippen molar-refractivity contribution in [1.82, 2.24) is 9.13 Å². The molecule has 110 valence electrons. The van der Waals surface area contributed by atoms with Gasteiger partial charge in [-0.25, -0.2) is 9.18 Å². The zero-order valence-electron chi connectivity index (χ0n) is 11.6. The van der Waals surface area contributed by atoms with E-state index in [1.807, 2.05) is 0 Å². The number of aryl methyl sites for hydroxylation is 1. The summed E-state index contributed by atoms with van der Waals surface area (Å²) in [6, 6.07) is 4.67. The van der Waals surface area contributed by atoms with E-state index in [9.17, 15) is 9.18 Å². The van der Waals surface area contributed by atoms with E-state index >= 15 is 0 Å². The second-order valence-electron chi connectivity index (χ2n) is 5.39. The average Bonchev–Trinajstić information content (AvgIpc) is 2.70. The topological polar surface area (TPSA) is 65.3 Å². The number of aliphatic imine (C=N–C) groups is 1. The number of halogens is 2. The molecule has 0 radical (unpaired) electrons. The number of aromatic nitrogens is 2. The molecule has 2 heterocycles. The molecule has 1 atom stereocenters. The smallest absolute Gasteiger partial charge is 0.328 e. The van der Waals surface area contributed by atoms with Crippen molar-refractivity contribution in [2.24, 2.45) is 17.8 Å². The molecule has 21 heavy (non-hydrogen) atoms. The maximum absolute atomic E-state index is 14.2. The lowest BCUT2D eigenvalue weighted by Gasteiger charge is -2.31. The lowest BCUT2D eigenvalue weighted by Crippen LogP contribution is -2.41. The first-order valence-corrected chi connectivity index (χ1v) is 7.18. The molecule has 7 heteroatoms. The van der Waals surface area contributed by atoms with Crippen LogP contribution in [0.2, 0.25) is 0 Å². The van der Waals surface area contributed by atoms with E-state index in [0.717, 1.165) is 4.47 Å². The van der Waals surface area contributed by atoms with E-state index < -0.39 is 5.54 Å². The minimum Gasteiger partial charge on any atom is -0.382 e. The number of rotatable bonds is 1. The van der Waals surface area contributed by atoms with Crippen LogP contribution >= 0.6 is 15.9 Å². The van der Waals surface area contributed by atoms with E-state index in [0.29, 0.717) is 11.3 Å². The third-order valence-corrected chi connectivity index (χ3v) is 4.24. The summed E-state index contributed by atoms with van der Waals surface area (Å²) in [4.78, 5) is 16.6. The first-order chi connectivity index (χ1) is 9.82. The van der Waals surface area contributed by atoms with Gasteiger partial charge in [0, 0.05) is 23.3 Å². The second-order valence-corrected chi connectivity index (χ2v) is 6.30. The third kappa shape index (κ3) is 2.12. The maximum Gasteiger partial charge on any atom is 0.328 e. The largest absolute Gasteiger partial charge is 0.382 e. The van der Waals surface area contributed by atoms with Crippen molar-refractivity contribution >= 4 is 21.8 Å².